The maximum absolute atomic E-state index is 12.9. The fourth-order valence-electron chi connectivity index (χ4n) is 3.87. The van der Waals surface area contributed by atoms with Crippen LogP contribution < -0.4 is 4.74 Å². The van der Waals surface area contributed by atoms with E-state index < -0.39 is 0 Å². The van der Waals surface area contributed by atoms with Gasteiger partial charge in [0.1, 0.15) is 11.9 Å². The largest absolute Gasteiger partial charge is 0.488 e. The van der Waals surface area contributed by atoms with Crippen LogP contribution in [0.5, 0.6) is 5.75 Å². The van der Waals surface area contributed by atoms with Gasteiger partial charge in [0.15, 0.2) is 5.69 Å². The second-order valence-corrected chi connectivity index (χ2v) is 6.84. The highest BCUT2D eigenvalue weighted by atomic mass is 16.5. The average molecular weight is 325 g/mol. The highest BCUT2D eigenvalue weighted by Crippen LogP contribution is 2.29. The third kappa shape index (κ3) is 2.58. The van der Waals surface area contributed by atoms with Crippen molar-refractivity contribution in [1.82, 2.24) is 14.7 Å². The van der Waals surface area contributed by atoms with Gasteiger partial charge in [-0.25, -0.2) is 0 Å². The topological polar surface area (TPSA) is 47.4 Å². The lowest BCUT2D eigenvalue weighted by Crippen LogP contribution is -2.37. The molecule has 5 nitrogen and oxygen atoms in total. The van der Waals surface area contributed by atoms with Gasteiger partial charge in [-0.15, -0.1) is 0 Å². The molecule has 0 unspecified atom stereocenters. The van der Waals surface area contributed by atoms with Crippen molar-refractivity contribution in [2.75, 3.05) is 13.6 Å². The van der Waals surface area contributed by atoms with E-state index >= 15 is 0 Å². The lowest BCUT2D eigenvalue weighted by Gasteiger charge is -2.21. The molecule has 24 heavy (non-hydrogen) atoms. The van der Waals surface area contributed by atoms with Crippen LogP contribution >= 0.6 is 0 Å². The third-order valence-corrected chi connectivity index (χ3v) is 5.11. The Morgan fingerprint density at radius 2 is 2.12 bits per heavy atom. The summed E-state index contributed by atoms with van der Waals surface area (Å²) in [7, 11) is 3.79. The van der Waals surface area contributed by atoms with E-state index in [4.69, 9.17) is 4.74 Å². The molecule has 1 amide bonds. The van der Waals surface area contributed by atoms with Gasteiger partial charge in [0.05, 0.1) is 6.54 Å². The van der Waals surface area contributed by atoms with Gasteiger partial charge in [-0.05, 0) is 37.3 Å². The first kappa shape index (κ1) is 15.2. The molecule has 2 aliphatic rings. The highest BCUT2D eigenvalue weighted by Gasteiger charge is 2.29. The van der Waals surface area contributed by atoms with E-state index in [1.54, 1.807) is 4.90 Å². The van der Waals surface area contributed by atoms with Crippen LogP contribution in [-0.4, -0.2) is 40.3 Å². The standard InChI is InChI=1S/C19H23N3O2/c1-21(12-14-11-13-7-3-6-10-17(13)24-14)19(23)18-15-8-4-5-9-16(15)22(2)20-18/h3,6-7,10,14H,4-5,8-9,11-12H2,1-2H3/t14-/m1/s1. The Hall–Kier alpha value is -2.30. The zero-order valence-electron chi connectivity index (χ0n) is 14.3. The predicted octanol–water partition coefficient (Wildman–Crippen LogP) is 2.37. The predicted molar refractivity (Wildman–Crippen MR) is 91.4 cm³/mol. The number of hydrogen-bond acceptors (Lipinski definition) is 3. The number of benzene rings is 1. The normalized spacial score (nSPS) is 18.7. The Morgan fingerprint density at radius 1 is 1.33 bits per heavy atom. The average Bonchev–Trinajstić information content (AvgIpc) is 3.15. The van der Waals surface area contributed by atoms with Gasteiger partial charge >= 0.3 is 0 Å². The van der Waals surface area contributed by atoms with E-state index in [1.165, 1.54) is 17.7 Å². The summed E-state index contributed by atoms with van der Waals surface area (Å²) in [4.78, 5) is 14.6. The van der Waals surface area contributed by atoms with Crippen LogP contribution in [0.15, 0.2) is 24.3 Å². The smallest absolute Gasteiger partial charge is 0.274 e. The van der Waals surface area contributed by atoms with Gasteiger partial charge < -0.3 is 9.64 Å². The Bertz CT molecular complexity index is 756. The van der Waals surface area contributed by atoms with Crippen molar-refractivity contribution in [2.24, 2.45) is 7.05 Å². The minimum absolute atomic E-state index is 0.00769. The van der Waals surface area contributed by atoms with Gasteiger partial charge in [-0.1, -0.05) is 18.2 Å². The number of fused-ring (bicyclic) bond motifs is 2. The van der Waals surface area contributed by atoms with Crippen molar-refractivity contribution < 1.29 is 9.53 Å². The lowest BCUT2D eigenvalue weighted by atomic mass is 9.95. The molecule has 0 bridgehead atoms. The monoisotopic (exact) mass is 325 g/mol. The summed E-state index contributed by atoms with van der Waals surface area (Å²) < 4.78 is 7.85. The molecule has 0 spiro atoms. The van der Waals surface area contributed by atoms with Crippen molar-refractivity contribution in [1.29, 1.82) is 0 Å². The highest BCUT2D eigenvalue weighted by molar-refractivity contribution is 5.94. The number of hydrogen-bond donors (Lipinski definition) is 0. The molecular weight excluding hydrogens is 302 g/mol. The fraction of sp³-hybridized carbons (Fsp3) is 0.474. The van der Waals surface area contributed by atoms with Crippen molar-refractivity contribution in [3.63, 3.8) is 0 Å². The summed E-state index contributed by atoms with van der Waals surface area (Å²) in [6.07, 6.45) is 5.19. The van der Waals surface area contributed by atoms with Gasteiger partial charge in [0.2, 0.25) is 0 Å². The fourth-order valence-corrected chi connectivity index (χ4v) is 3.87. The molecule has 126 valence electrons. The molecule has 1 aliphatic carbocycles. The van der Waals surface area contributed by atoms with Crippen molar-refractivity contribution in [3.05, 3.63) is 46.8 Å². The molecule has 1 aliphatic heterocycles. The number of aromatic nitrogens is 2. The summed E-state index contributed by atoms with van der Waals surface area (Å²) in [6.45, 7) is 0.582. The first-order valence-corrected chi connectivity index (χ1v) is 8.68. The molecule has 0 fully saturated rings. The van der Waals surface area contributed by atoms with E-state index in [-0.39, 0.29) is 12.0 Å². The Labute approximate surface area is 142 Å². The van der Waals surface area contributed by atoms with E-state index in [2.05, 4.69) is 11.2 Å². The number of para-hydroxylation sites is 1. The molecule has 0 saturated carbocycles. The maximum atomic E-state index is 12.9. The molecule has 1 aromatic heterocycles. The van der Waals surface area contributed by atoms with Crippen molar-refractivity contribution in [3.8, 4) is 5.75 Å². The van der Waals surface area contributed by atoms with E-state index in [0.717, 1.165) is 37.0 Å². The number of nitrogens with zero attached hydrogens (tertiary/aromatic N) is 3. The zero-order valence-corrected chi connectivity index (χ0v) is 14.3. The van der Waals surface area contributed by atoms with Crippen molar-refractivity contribution >= 4 is 5.91 Å². The molecular formula is C19H23N3O2. The first-order chi connectivity index (χ1) is 11.6. The molecule has 0 saturated heterocycles. The SMILES string of the molecule is CN(C[C@H]1Cc2ccccc2O1)C(=O)c1nn(C)c2c1CCCC2. The second-order valence-electron chi connectivity index (χ2n) is 6.84. The van der Waals surface area contributed by atoms with Crippen LogP contribution in [-0.2, 0) is 26.3 Å². The first-order valence-electron chi connectivity index (χ1n) is 8.68. The summed E-state index contributed by atoms with van der Waals surface area (Å²) >= 11 is 0. The zero-order chi connectivity index (χ0) is 16.7. The third-order valence-electron chi connectivity index (χ3n) is 5.11. The molecule has 4 rings (SSSR count). The van der Waals surface area contributed by atoms with Gasteiger partial charge in [-0.2, -0.15) is 5.10 Å². The summed E-state index contributed by atoms with van der Waals surface area (Å²) in [5, 5.41) is 4.51. The number of amides is 1. The molecule has 5 heteroatoms. The molecule has 1 atom stereocenters. The van der Waals surface area contributed by atoms with E-state index in [9.17, 15) is 4.79 Å². The summed E-state index contributed by atoms with van der Waals surface area (Å²) in [5.41, 5.74) is 4.22. The number of ether oxygens (including phenoxy) is 1. The second kappa shape index (κ2) is 5.96. The summed E-state index contributed by atoms with van der Waals surface area (Å²) in [5.74, 6) is 0.951. The van der Waals surface area contributed by atoms with E-state index in [0.29, 0.717) is 12.2 Å². The maximum Gasteiger partial charge on any atom is 0.274 e. The molecule has 1 aromatic carbocycles. The lowest BCUT2D eigenvalue weighted by molar-refractivity contribution is 0.0723. The van der Waals surface area contributed by atoms with Crippen LogP contribution in [0, 0.1) is 0 Å². The van der Waals surface area contributed by atoms with Crippen LogP contribution in [0.3, 0.4) is 0 Å². The Kier molecular flexibility index (Phi) is 3.79. The number of carbonyl (C=O) groups is 1. The minimum atomic E-state index is 0.00769. The number of carbonyl (C=O) groups excluding carboxylic acids is 1. The quantitative estimate of drug-likeness (QED) is 0.870. The molecule has 2 aromatic rings. The number of likely N-dealkylation sites (N-methyl/N-ethyl adjacent to an activating group) is 1. The Morgan fingerprint density at radius 3 is 2.96 bits per heavy atom. The number of rotatable bonds is 3. The van der Waals surface area contributed by atoms with Crippen molar-refractivity contribution in [2.45, 2.75) is 38.2 Å². The molecule has 2 heterocycles. The summed E-state index contributed by atoms with van der Waals surface area (Å²) in [6, 6.07) is 8.09. The van der Waals surface area contributed by atoms with Gasteiger partial charge in [0.25, 0.3) is 5.91 Å². The van der Waals surface area contributed by atoms with E-state index in [1.807, 2.05) is 37.0 Å². The van der Waals surface area contributed by atoms with Gasteiger partial charge in [0, 0.05) is 31.8 Å². The molecule has 0 radical (unpaired) electrons. The minimum Gasteiger partial charge on any atom is -0.488 e. The van der Waals surface area contributed by atoms with Crippen LogP contribution in [0.1, 0.15) is 40.2 Å². The van der Waals surface area contributed by atoms with Crippen LogP contribution in [0.25, 0.3) is 0 Å². The van der Waals surface area contributed by atoms with Crippen LogP contribution in [0.2, 0.25) is 0 Å². The number of aryl methyl sites for hydroxylation is 1. The Balaban J connectivity index is 1.48. The van der Waals surface area contributed by atoms with Gasteiger partial charge in [-0.3, -0.25) is 9.48 Å². The van der Waals surface area contributed by atoms with Crippen LogP contribution in [0.4, 0.5) is 0 Å². The molecule has 0 N–H and O–H groups in total.